The minimum atomic E-state index is -0.251. The summed E-state index contributed by atoms with van der Waals surface area (Å²) in [7, 11) is 0. The van der Waals surface area contributed by atoms with Gasteiger partial charge in [0.25, 0.3) is 0 Å². The van der Waals surface area contributed by atoms with E-state index in [1.165, 1.54) is 58.0 Å². The molecule has 0 spiro atoms. The van der Waals surface area contributed by atoms with Crippen LogP contribution >= 0.6 is 0 Å². The lowest BCUT2D eigenvalue weighted by molar-refractivity contribution is 0.195. The van der Waals surface area contributed by atoms with Crippen molar-refractivity contribution in [1.29, 1.82) is 5.26 Å². The van der Waals surface area contributed by atoms with Gasteiger partial charge >= 0.3 is 0 Å². The van der Waals surface area contributed by atoms with Crippen LogP contribution in [0.5, 0.6) is 0 Å². The number of nitrogens with one attached hydrogen (secondary N) is 1. The fraction of sp³-hybridized carbons (Fsp3) is 0.944. The van der Waals surface area contributed by atoms with E-state index in [-0.39, 0.29) is 5.54 Å². The molecule has 2 saturated carbocycles. The Bertz CT molecular complexity index is 392. The highest BCUT2D eigenvalue weighted by Crippen LogP contribution is 2.42. The lowest BCUT2D eigenvalue weighted by Gasteiger charge is -2.34. The summed E-state index contributed by atoms with van der Waals surface area (Å²) in [5.74, 6) is 2.29. The van der Waals surface area contributed by atoms with Gasteiger partial charge in [0.1, 0.15) is 5.54 Å². The predicted molar refractivity (Wildman–Crippen MR) is 85.8 cm³/mol. The van der Waals surface area contributed by atoms with Gasteiger partial charge in [-0.1, -0.05) is 13.8 Å². The van der Waals surface area contributed by atoms with E-state index in [2.05, 4.69) is 30.1 Å². The Morgan fingerprint density at radius 3 is 2.48 bits per heavy atom. The zero-order valence-electron chi connectivity index (χ0n) is 13.8. The molecule has 0 radical (unpaired) electrons. The van der Waals surface area contributed by atoms with Crippen molar-refractivity contribution in [2.45, 2.75) is 70.4 Å². The highest BCUT2D eigenvalue weighted by Gasteiger charge is 2.49. The minimum absolute atomic E-state index is 0.251. The molecule has 1 heterocycles. The number of likely N-dealkylation sites (tertiary alicyclic amines) is 1. The lowest BCUT2D eigenvalue weighted by atomic mass is 9.89. The van der Waals surface area contributed by atoms with Crippen LogP contribution in [0.1, 0.15) is 58.8 Å². The Kier molecular flexibility index (Phi) is 4.57. The molecule has 0 bridgehead atoms. The smallest absolute Gasteiger partial charge is 0.122 e. The van der Waals surface area contributed by atoms with Gasteiger partial charge in [-0.3, -0.25) is 5.32 Å². The van der Waals surface area contributed by atoms with E-state index < -0.39 is 0 Å². The highest BCUT2D eigenvalue weighted by molar-refractivity contribution is 5.18. The van der Waals surface area contributed by atoms with E-state index in [0.29, 0.717) is 12.0 Å². The molecule has 0 aromatic rings. The summed E-state index contributed by atoms with van der Waals surface area (Å²) in [6, 6.07) is 3.32. The molecule has 3 rings (SSSR count). The third-order valence-corrected chi connectivity index (χ3v) is 5.79. The first-order valence-electron chi connectivity index (χ1n) is 9.04. The molecule has 0 amide bonds. The average molecular weight is 289 g/mol. The number of rotatable bonds is 6. The fourth-order valence-corrected chi connectivity index (χ4v) is 3.98. The fourth-order valence-electron chi connectivity index (χ4n) is 3.98. The summed E-state index contributed by atoms with van der Waals surface area (Å²) >= 11 is 0. The van der Waals surface area contributed by atoms with Crippen molar-refractivity contribution in [2.75, 3.05) is 19.6 Å². The molecule has 3 aliphatic rings. The van der Waals surface area contributed by atoms with E-state index in [1.807, 2.05) is 0 Å². The van der Waals surface area contributed by atoms with Crippen LogP contribution in [0.3, 0.4) is 0 Å². The Morgan fingerprint density at radius 2 is 1.90 bits per heavy atom. The molecule has 1 N–H and O–H groups in total. The van der Waals surface area contributed by atoms with E-state index in [1.54, 1.807) is 0 Å². The standard InChI is InChI=1S/C18H31N3/c1-14(2)15-4-3-10-21(11-9-15)13-18(12-19,16-5-6-16)20-17-7-8-17/h14-17,20H,3-11,13H2,1-2H3. The molecule has 3 fully saturated rings. The van der Waals surface area contributed by atoms with Crippen molar-refractivity contribution in [1.82, 2.24) is 10.2 Å². The molecule has 1 aliphatic heterocycles. The largest absolute Gasteiger partial charge is 0.300 e. The van der Waals surface area contributed by atoms with Crippen LogP contribution in [0.2, 0.25) is 0 Å². The van der Waals surface area contributed by atoms with Gasteiger partial charge in [-0.25, -0.2) is 0 Å². The van der Waals surface area contributed by atoms with Crippen LogP contribution in [-0.4, -0.2) is 36.1 Å². The number of hydrogen-bond donors (Lipinski definition) is 1. The van der Waals surface area contributed by atoms with E-state index in [0.717, 1.165) is 18.4 Å². The van der Waals surface area contributed by atoms with Crippen molar-refractivity contribution >= 4 is 0 Å². The Balaban J connectivity index is 1.61. The van der Waals surface area contributed by atoms with Crippen molar-refractivity contribution in [3.05, 3.63) is 0 Å². The molecule has 118 valence electrons. The maximum Gasteiger partial charge on any atom is 0.122 e. The van der Waals surface area contributed by atoms with Crippen LogP contribution in [0, 0.1) is 29.1 Å². The van der Waals surface area contributed by atoms with Crippen LogP contribution in [-0.2, 0) is 0 Å². The van der Waals surface area contributed by atoms with Crippen molar-refractivity contribution < 1.29 is 0 Å². The van der Waals surface area contributed by atoms with Gasteiger partial charge in [-0.15, -0.1) is 0 Å². The maximum absolute atomic E-state index is 9.87. The SMILES string of the molecule is CC(C)C1CCCN(CC(C#N)(NC2CC2)C2CC2)CC1. The summed E-state index contributed by atoms with van der Waals surface area (Å²) < 4.78 is 0. The van der Waals surface area contributed by atoms with Crippen LogP contribution in [0.25, 0.3) is 0 Å². The molecular formula is C18H31N3. The van der Waals surface area contributed by atoms with Gasteiger partial charge < -0.3 is 4.90 Å². The first-order chi connectivity index (χ1) is 10.1. The van der Waals surface area contributed by atoms with E-state index in [9.17, 15) is 5.26 Å². The second kappa shape index (κ2) is 6.26. The van der Waals surface area contributed by atoms with Crippen LogP contribution in [0.15, 0.2) is 0 Å². The van der Waals surface area contributed by atoms with Crippen molar-refractivity contribution in [3.8, 4) is 6.07 Å². The molecule has 3 nitrogen and oxygen atoms in total. The van der Waals surface area contributed by atoms with Gasteiger partial charge in [0, 0.05) is 12.6 Å². The molecule has 0 aromatic heterocycles. The Morgan fingerprint density at radius 1 is 1.14 bits per heavy atom. The lowest BCUT2D eigenvalue weighted by Crippen LogP contribution is -2.55. The highest BCUT2D eigenvalue weighted by atomic mass is 15.2. The van der Waals surface area contributed by atoms with Gasteiger partial charge in [-0.2, -0.15) is 5.26 Å². The minimum Gasteiger partial charge on any atom is -0.300 e. The molecule has 2 atom stereocenters. The topological polar surface area (TPSA) is 39.1 Å². The summed E-state index contributed by atoms with van der Waals surface area (Å²) in [5.41, 5.74) is -0.251. The third-order valence-electron chi connectivity index (χ3n) is 5.79. The Labute approximate surface area is 130 Å². The monoisotopic (exact) mass is 289 g/mol. The van der Waals surface area contributed by atoms with Gasteiger partial charge in [0.15, 0.2) is 0 Å². The van der Waals surface area contributed by atoms with Crippen molar-refractivity contribution in [2.24, 2.45) is 17.8 Å². The number of nitrogens with zero attached hydrogens (tertiary/aromatic N) is 2. The first-order valence-corrected chi connectivity index (χ1v) is 9.04. The predicted octanol–water partition coefficient (Wildman–Crippen LogP) is 3.17. The quantitative estimate of drug-likeness (QED) is 0.816. The summed E-state index contributed by atoms with van der Waals surface area (Å²) in [6.45, 7) is 8.05. The number of nitriles is 1. The van der Waals surface area contributed by atoms with Crippen molar-refractivity contribution in [3.63, 3.8) is 0 Å². The molecular weight excluding hydrogens is 258 g/mol. The second-order valence-corrected chi connectivity index (χ2v) is 7.99. The zero-order chi connectivity index (χ0) is 14.9. The molecule has 0 aromatic carbocycles. The molecule has 2 aliphatic carbocycles. The molecule has 2 unspecified atom stereocenters. The second-order valence-electron chi connectivity index (χ2n) is 7.99. The maximum atomic E-state index is 9.87. The van der Waals surface area contributed by atoms with Gasteiger partial charge in [0.05, 0.1) is 6.07 Å². The third kappa shape index (κ3) is 3.79. The summed E-state index contributed by atoms with van der Waals surface area (Å²) in [4.78, 5) is 2.58. The van der Waals surface area contributed by atoms with E-state index >= 15 is 0 Å². The van der Waals surface area contributed by atoms with Gasteiger partial charge in [0.2, 0.25) is 0 Å². The molecule has 1 saturated heterocycles. The van der Waals surface area contributed by atoms with Crippen LogP contribution in [0.4, 0.5) is 0 Å². The summed E-state index contributed by atoms with van der Waals surface area (Å²) in [5, 5.41) is 13.6. The van der Waals surface area contributed by atoms with Crippen LogP contribution < -0.4 is 5.32 Å². The normalized spacial score (nSPS) is 30.7. The Hall–Kier alpha value is -0.590. The number of hydrogen-bond acceptors (Lipinski definition) is 3. The molecule has 21 heavy (non-hydrogen) atoms. The van der Waals surface area contributed by atoms with Gasteiger partial charge in [-0.05, 0) is 75.8 Å². The first kappa shape index (κ1) is 15.3. The van der Waals surface area contributed by atoms with E-state index in [4.69, 9.17) is 0 Å². The summed E-state index contributed by atoms with van der Waals surface area (Å²) in [6.07, 6.45) is 9.02. The average Bonchev–Trinajstić information content (AvgIpc) is 3.29. The molecule has 3 heteroatoms. The zero-order valence-corrected chi connectivity index (χ0v) is 13.8.